The molecule has 6 heteroatoms. The molecule has 160 valence electrons. The second-order valence-corrected chi connectivity index (χ2v) is 8.89. The third-order valence-corrected chi connectivity index (χ3v) is 6.70. The van der Waals surface area contributed by atoms with E-state index in [-0.39, 0.29) is 11.8 Å². The number of anilines is 2. The van der Waals surface area contributed by atoms with Crippen LogP contribution in [-0.2, 0) is 4.79 Å². The molecule has 2 aromatic carbocycles. The largest absolute Gasteiger partial charge is 0.354 e. The van der Waals surface area contributed by atoms with Crippen molar-refractivity contribution in [3.8, 4) is 21.7 Å². The molecule has 0 saturated carbocycles. The number of rotatable bonds is 5. The molecule has 5 rings (SSSR count). The first-order chi connectivity index (χ1) is 15.8. The van der Waals surface area contributed by atoms with Gasteiger partial charge in [0.1, 0.15) is 5.69 Å². The van der Waals surface area contributed by atoms with Gasteiger partial charge >= 0.3 is 0 Å². The summed E-state index contributed by atoms with van der Waals surface area (Å²) in [6.07, 6.45) is 1.82. The summed E-state index contributed by atoms with van der Waals surface area (Å²) in [6, 6.07) is 26.2. The number of nitrogens with zero attached hydrogens (tertiary/aromatic N) is 3. The van der Waals surface area contributed by atoms with E-state index in [9.17, 15) is 4.79 Å². The van der Waals surface area contributed by atoms with Crippen LogP contribution < -0.4 is 10.2 Å². The standard InChI is InChI=1S/C26H24N4OS/c31-26(27-22-12-5-4-11-21(22)19-8-2-1-3-9-19)20-10-6-16-30(18-20)25-15-14-23(28-29-25)24-13-7-17-32-24/h1-5,7-9,11-15,17,20H,6,10,16,18H2,(H,27,31). The summed E-state index contributed by atoms with van der Waals surface area (Å²) in [5.74, 6) is 0.792. The first kappa shape index (κ1) is 20.4. The fourth-order valence-electron chi connectivity index (χ4n) is 4.15. The predicted octanol–water partition coefficient (Wildman–Crippen LogP) is 5.73. The topological polar surface area (TPSA) is 58.1 Å². The van der Waals surface area contributed by atoms with Crippen molar-refractivity contribution in [3.05, 3.63) is 84.2 Å². The molecule has 32 heavy (non-hydrogen) atoms. The van der Waals surface area contributed by atoms with Crippen LogP contribution in [-0.4, -0.2) is 29.2 Å². The zero-order valence-electron chi connectivity index (χ0n) is 17.6. The Morgan fingerprint density at radius 3 is 2.56 bits per heavy atom. The maximum Gasteiger partial charge on any atom is 0.229 e. The highest BCUT2D eigenvalue weighted by molar-refractivity contribution is 7.13. The van der Waals surface area contributed by atoms with Crippen LogP contribution in [0.5, 0.6) is 0 Å². The smallest absolute Gasteiger partial charge is 0.229 e. The molecule has 3 heterocycles. The number of para-hydroxylation sites is 1. The van der Waals surface area contributed by atoms with Crippen LogP contribution in [0, 0.1) is 5.92 Å². The zero-order valence-corrected chi connectivity index (χ0v) is 18.5. The van der Waals surface area contributed by atoms with Crippen LogP contribution >= 0.6 is 11.3 Å². The SMILES string of the molecule is O=C(Nc1ccccc1-c1ccccc1)C1CCCN(c2ccc(-c3cccs3)nn2)C1. The number of nitrogens with one attached hydrogen (secondary N) is 1. The van der Waals surface area contributed by atoms with Gasteiger partial charge in [-0.15, -0.1) is 21.5 Å². The molecule has 1 N–H and O–H groups in total. The van der Waals surface area contributed by atoms with Crippen molar-refractivity contribution >= 4 is 28.7 Å². The number of thiophene rings is 1. The molecule has 1 amide bonds. The van der Waals surface area contributed by atoms with E-state index in [1.54, 1.807) is 11.3 Å². The summed E-state index contributed by atoms with van der Waals surface area (Å²) in [5.41, 5.74) is 3.85. The molecule has 1 atom stereocenters. The fourth-order valence-corrected chi connectivity index (χ4v) is 4.84. The highest BCUT2D eigenvalue weighted by Gasteiger charge is 2.27. The lowest BCUT2D eigenvalue weighted by Crippen LogP contribution is -2.41. The molecule has 1 saturated heterocycles. The van der Waals surface area contributed by atoms with Gasteiger partial charge in [0.25, 0.3) is 0 Å². The second kappa shape index (κ2) is 9.32. The third kappa shape index (κ3) is 4.41. The predicted molar refractivity (Wildman–Crippen MR) is 131 cm³/mol. The highest BCUT2D eigenvalue weighted by Crippen LogP contribution is 2.30. The summed E-state index contributed by atoms with van der Waals surface area (Å²) in [5, 5.41) is 14.1. The molecule has 0 spiro atoms. The van der Waals surface area contributed by atoms with Crippen LogP contribution in [0.2, 0.25) is 0 Å². The van der Waals surface area contributed by atoms with Gasteiger partial charge in [0.2, 0.25) is 5.91 Å². The molecule has 1 fully saturated rings. The molecule has 0 radical (unpaired) electrons. The molecule has 1 unspecified atom stereocenters. The van der Waals surface area contributed by atoms with Gasteiger partial charge < -0.3 is 10.2 Å². The van der Waals surface area contributed by atoms with Crippen LogP contribution in [0.3, 0.4) is 0 Å². The molecule has 2 aromatic heterocycles. The van der Waals surface area contributed by atoms with E-state index in [2.05, 4.69) is 32.5 Å². The molecule has 1 aliphatic rings. The molecule has 0 bridgehead atoms. The summed E-state index contributed by atoms with van der Waals surface area (Å²) < 4.78 is 0. The van der Waals surface area contributed by atoms with E-state index in [0.29, 0.717) is 6.54 Å². The number of hydrogen-bond donors (Lipinski definition) is 1. The van der Waals surface area contributed by atoms with Crippen LogP contribution in [0.15, 0.2) is 84.2 Å². The van der Waals surface area contributed by atoms with Gasteiger partial charge in [-0.25, -0.2) is 0 Å². The number of carbonyl (C=O) groups is 1. The minimum atomic E-state index is -0.0913. The van der Waals surface area contributed by atoms with E-state index < -0.39 is 0 Å². The summed E-state index contributed by atoms with van der Waals surface area (Å²) in [6.45, 7) is 1.53. The number of hydrogen-bond acceptors (Lipinski definition) is 5. The van der Waals surface area contributed by atoms with Gasteiger partial charge in [-0.3, -0.25) is 4.79 Å². The summed E-state index contributed by atoms with van der Waals surface area (Å²) in [4.78, 5) is 16.4. The van der Waals surface area contributed by atoms with Crippen LogP contribution in [0.4, 0.5) is 11.5 Å². The summed E-state index contributed by atoms with van der Waals surface area (Å²) in [7, 11) is 0. The average Bonchev–Trinajstić information content (AvgIpc) is 3.40. The lowest BCUT2D eigenvalue weighted by atomic mass is 9.96. The highest BCUT2D eigenvalue weighted by atomic mass is 32.1. The maximum atomic E-state index is 13.2. The van der Waals surface area contributed by atoms with Gasteiger partial charge in [-0.05, 0) is 48.1 Å². The Balaban J connectivity index is 1.29. The minimum Gasteiger partial charge on any atom is -0.354 e. The molecular formula is C26H24N4OS. The maximum absolute atomic E-state index is 13.2. The average molecular weight is 441 g/mol. The Kier molecular flexibility index (Phi) is 5.94. The molecule has 5 nitrogen and oxygen atoms in total. The number of carbonyl (C=O) groups excluding carboxylic acids is 1. The molecule has 0 aliphatic carbocycles. The van der Waals surface area contributed by atoms with Crippen LogP contribution in [0.1, 0.15) is 12.8 Å². The van der Waals surface area contributed by atoms with E-state index in [0.717, 1.165) is 52.6 Å². The monoisotopic (exact) mass is 440 g/mol. The van der Waals surface area contributed by atoms with Crippen molar-refractivity contribution in [2.24, 2.45) is 5.92 Å². The summed E-state index contributed by atoms with van der Waals surface area (Å²) >= 11 is 1.65. The quantitative estimate of drug-likeness (QED) is 0.431. The van der Waals surface area contributed by atoms with Gasteiger partial charge in [0.05, 0.1) is 10.8 Å². The Hall–Kier alpha value is -3.51. The van der Waals surface area contributed by atoms with Crippen LogP contribution in [0.25, 0.3) is 21.7 Å². The first-order valence-electron chi connectivity index (χ1n) is 10.9. The number of aromatic nitrogens is 2. The lowest BCUT2D eigenvalue weighted by molar-refractivity contribution is -0.120. The Labute approximate surface area is 191 Å². The van der Waals surface area contributed by atoms with Gasteiger partial charge in [-0.2, -0.15) is 0 Å². The van der Waals surface area contributed by atoms with Crippen molar-refractivity contribution in [2.45, 2.75) is 12.8 Å². The van der Waals surface area contributed by atoms with Gasteiger partial charge in [0.15, 0.2) is 5.82 Å². The first-order valence-corrected chi connectivity index (χ1v) is 11.7. The second-order valence-electron chi connectivity index (χ2n) is 7.94. The Morgan fingerprint density at radius 2 is 1.78 bits per heavy atom. The fraction of sp³-hybridized carbons (Fsp3) is 0.192. The van der Waals surface area contributed by atoms with Gasteiger partial charge in [0, 0.05) is 24.3 Å². The van der Waals surface area contributed by atoms with Crippen molar-refractivity contribution in [3.63, 3.8) is 0 Å². The number of piperidine rings is 1. The third-order valence-electron chi connectivity index (χ3n) is 5.81. The Bertz CT molecular complexity index is 1180. The van der Waals surface area contributed by atoms with Crippen molar-refractivity contribution in [1.82, 2.24) is 10.2 Å². The molecule has 4 aromatic rings. The Morgan fingerprint density at radius 1 is 0.938 bits per heavy atom. The van der Waals surface area contributed by atoms with Crippen molar-refractivity contribution in [2.75, 3.05) is 23.3 Å². The number of amides is 1. The van der Waals surface area contributed by atoms with Gasteiger partial charge in [-0.1, -0.05) is 54.6 Å². The number of benzene rings is 2. The minimum absolute atomic E-state index is 0.0567. The zero-order chi connectivity index (χ0) is 21.8. The lowest BCUT2D eigenvalue weighted by Gasteiger charge is -2.32. The van der Waals surface area contributed by atoms with E-state index in [1.165, 1.54) is 0 Å². The molecular weight excluding hydrogens is 416 g/mol. The van der Waals surface area contributed by atoms with Crippen molar-refractivity contribution < 1.29 is 4.79 Å². The van der Waals surface area contributed by atoms with E-state index in [4.69, 9.17) is 0 Å². The van der Waals surface area contributed by atoms with E-state index in [1.807, 2.05) is 72.1 Å². The van der Waals surface area contributed by atoms with Crippen molar-refractivity contribution in [1.29, 1.82) is 0 Å². The van der Waals surface area contributed by atoms with E-state index >= 15 is 0 Å². The molecule has 1 aliphatic heterocycles. The normalized spacial score (nSPS) is 16.0.